The van der Waals surface area contributed by atoms with Gasteiger partial charge in [0, 0.05) is 37.2 Å². The number of amides is 1. The summed E-state index contributed by atoms with van der Waals surface area (Å²) in [4.78, 5) is 15.6. The summed E-state index contributed by atoms with van der Waals surface area (Å²) < 4.78 is 12.1. The number of fused-ring (bicyclic) bond motifs is 1. The van der Waals surface area contributed by atoms with Crippen LogP contribution in [-0.2, 0) is 10.2 Å². The molecular formula is C28H36N2O3. The molecule has 1 heterocycles. The van der Waals surface area contributed by atoms with Crippen molar-refractivity contribution in [2.75, 3.05) is 33.9 Å². The van der Waals surface area contributed by atoms with Crippen molar-refractivity contribution >= 4 is 5.91 Å². The largest absolute Gasteiger partial charge is 0.497 e. The lowest BCUT2D eigenvalue weighted by atomic mass is 9.55. The molecule has 176 valence electrons. The zero-order valence-electron chi connectivity index (χ0n) is 19.9. The van der Waals surface area contributed by atoms with Gasteiger partial charge in [-0.15, -0.1) is 0 Å². The van der Waals surface area contributed by atoms with Gasteiger partial charge in [-0.05, 0) is 80.8 Å². The molecule has 0 radical (unpaired) electrons. The molecule has 2 aromatic carbocycles. The summed E-state index contributed by atoms with van der Waals surface area (Å²) in [6.07, 6.45) is 6.50. The Morgan fingerprint density at radius 3 is 2.61 bits per heavy atom. The van der Waals surface area contributed by atoms with Gasteiger partial charge in [-0.1, -0.05) is 30.3 Å². The maximum absolute atomic E-state index is 13.0. The van der Waals surface area contributed by atoms with Crippen LogP contribution in [0.15, 0.2) is 54.6 Å². The van der Waals surface area contributed by atoms with E-state index in [9.17, 15) is 4.79 Å². The second-order valence-corrected chi connectivity index (χ2v) is 10.2. The quantitative estimate of drug-likeness (QED) is 0.681. The second-order valence-electron chi connectivity index (χ2n) is 10.2. The van der Waals surface area contributed by atoms with Crippen molar-refractivity contribution in [1.82, 2.24) is 10.2 Å². The molecule has 3 atom stereocenters. The molecular weight excluding hydrogens is 412 g/mol. The van der Waals surface area contributed by atoms with Crippen molar-refractivity contribution in [2.45, 2.75) is 55.6 Å². The number of ether oxygens (including phenoxy) is 2. The Kier molecular flexibility index (Phi) is 6.19. The molecule has 1 amide bonds. The fraction of sp³-hybridized carbons (Fsp3) is 0.536. The Labute approximate surface area is 197 Å². The molecule has 0 bridgehead atoms. The lowest BCUT2D eigenvalue weighted by Crippen LogP contribution is -2.68. The second kappa shape index (κ2) is 9.11. The maximum atomic E-state index is 13.0. The van der Waals surface area contributed by atoms with Gasteiger partial charge >= 0.3 is 0 Å². The summed E-state index contributed by atoms with van der Waals surface area (Å²) in [5, 5.41) is 3.35. The van der Waals surface area contributed by atoms with E-state index in [2.05, 4.69) is 28.4 Å². The van der Waals surface area contributed by atoms with E-state index in [0.29, 0.717) is 0 Å². The molecule has 3 aliphatic rings. The Balaban J connectivity index is 1.46. The fourth-order valence-electron chi connectivity index (χ4n) is 6.32. The summed E-state index contributed by atoms with van der Waals surface area (Å²) in [5.41, 5.74) is 1.56. The summed E-state index contributed by atoms with van der Waals surface area (Å²) in [6, 6.07) is 18.2. The predicted octanol–water partition coefficient (Wildman–Crippen LogP) is 4.42. The Hall–Kier alpha value is -2.37. The van der Waals surface area contributed by atoms with Crippen LogP contribution in [0.25, 0.3) is 0 Å². The lowest BCUT2D eigenvalue weighted by Gasteiger charge is -2.60. The summed E-state index contributed by atoms with van der Waals surface area (Å²) in [5.74, 6) is 1.75. The van der Waals surface area contributed by atoms with E-state index < -0.39 is 0 Å². The first-order valence-electron chi connectivity index (χ1n) is 12.4. The number of nitrogens with zero attached hydrogens (tertiary/aromatic N) is 1. The van der Waals surface area contributed by atoms with Gasteiger partial charge in [-0.2, -0.15) is 0 Å². The van der Waals surface area contributed by atoms with Crippen LogP contribution in [0.3, 0.4) is 0 Å². The van der Waals surface area contributed by atoms with E-state index in [1.165, 1.54) is 24.9 Å². The van der Waals surface area contributed by atoms with Crippen molar-refractivity contribution in [3.05, 3.63) is 65.7 Å². The molecule has 5 nitrogen and oxygen atoms in total. The lowest BCUT2D eigenvalue weighted by molar-refractivity contribution is -0.148. The van der Waals surface area contributed by atoms with Crippen LogP contribution in [-0.4, -0.2) is 56.3 Å². The number of carbonyl (C=O) groups excluding carboxylic acids is 1. The fourth-order valence-corrected chi connectivity index (χ4v) is 6.32. The summed E-state index contributed by atoms with van der Waals surface area (Å²) >= 11 is 0. The smallest absolute Gasteiger partial charge is 0.251 e. The molecule has 5 heteroatoms. The van der Waals surface area contributed by atoms with E-state index >= 15 is 0 Å². The Bertz CT molecular complexity index is 976. The molecule has 2 saturated carbocycles. The molecule has 0 spiro atoms. The Morgan fingerprint density at radius 2 is 1.88 bits per heavy atom. The van der Waals surface area contributed by atoms with Gasteiger partial charge < -0.3 is 19.7 Å². The number of likely N-dealkylation sites (tertiary alicyclic amines) is 1. The highest BCUT2D eigenvalue weighted by Crippen LogP contribution is 2.54. The van der Waals surface area contributed by atoms with Crippen molar-refractivity contribution in [1.29, 1.82) is 0 Å². The number of piperidine rings is 1. The van der Waals surface area contributed by atoms with E-state index in [0.717, 1.165) is 56.0 Å². The minimum Gasteiger partial charge on any atom is -0.497 e. The molecule has 1 aliphatic heterocycles. The number of hydrogen-bond donors (Lipinski definition) is 1. The van der Waals surface area contributed by atoms with Crippen LogP contribution in [0.2, 0.25) is 0 Å². The van der Waals surface area contributed by atoms with Crippen LogP contribution in [0.5, 0.6) is 5.75 Å². The molecule has 1 saturated heterocycles. The number of nitrogens with one attached hydrogen (secondary N) is 1. The molecule has 2 aromatic rings. The number of carbonyl (C=O) groups is 1. The van der Waals surface area contributed by atoms with Gasteiger partial charge in [-0.25, -0.2) is 0 Å². The van der Waals surface area contributed by atoms with Crippen LogP contribution in [0, 0.1) is 5.92 Å². The molecule has 1 N–H and O–H groups in total. The van der Waals surface area contributed by atoms with Gasteiger partial charge in [-0.3, -0.25) is 4.79 Å². The zero-order chi connectivity index (χ0) is 22.9. The average Bonchev–Trinajstić information content (AvgIpc) is 3.68. The van der Waals surface area contributed by atoms with Gasteiger partial charge in [0.1, 0.15) is 5.75 Å². The first-order chi connectivity index (χ1) is 16.1. The zero-order valence-corrected chi connectivity index (χ0v) is 19.9. The molecule has 0 unspecified atom stereocenters. The number of benzene rings is 2. The van der Waals surface area contributed by atoms with Gasteiger partial charge in [0.15, 0.2) is 0 Å². The standard InChI is InChI=1S/C28H36N2O3/c1-32-25-10-6-9-23(17-25)27-15-16-30(19-21-11-12-21)20-28(27,33-2)14-13-24(18-27)29-26(31)22-7-4-3-5-8-22/h3-10,17,21,24H,11-16,18-20H2,1-2H3,(H,29,31)/t24-,27-,28-/m0/s1. The van der Waals surface area contributed by atoms with Crippen molar-refractivity contribution in [3.63, 3.8) is 0 Å². The number of rotatable bonds is 7. The number of methoxy groups -OCH3 is 2. The third-order valence-electron chi connectivity index (χ3n) is 8.30. The van der Waals surface area contributed by atoms with Gasteiger partial charge in [0.25, 0.3) is 5.91 Å². The van der Waals surface area contributed by atoms with Crippen molar-refractivity contribution in [3.8, 4) is 5.75 Å². The molecule has 5 rings (SSSR count). The third-order valence-corrected chi connectivity index (χ3v) is 8.30. The first kappa shape index (κ1) is 22.4. The highest BCUT2D eigenvalue weighted by atomic mass is 16.5. The predicted molar refractivity (Wildman–Crippen MR) is 130 cm³/mol. The maximum Gasteiger partial charge on any atom is 0.251 e. The summed E-state index contributed by atoms with van der Waals surface area (Å²) in [7, 11) is 3.61. The van der Waals surface area contributed by atoms with Gasteiger partial charge in [0.2, 0.25) is 0 Å². The van der Waals surface area contributed by atoms with E-state index in [-0.39, 0.29) is 23.0 Å². The molecule has 0 aromatic heterocycles. The van der Waals surface area contributed by atoms with Gasteiger partial charge in [0.05, 0.1) is 12.7 Å². The highest BCUT2D eigenvalue weighted by molar-refractivity contribution is 5.94. The number of hydrogen-bond acceptors (Lipinski definition) is 4. The van der Waals surface area contributed by atoms with E-state index in [1.807, 2.05) is 43.5 Å². The minimum atomic E-state index is -0.263. The van der Waals surface area contributed by atoms with E-state index in [4.69, 9.17) is 9.47 Å². The van der Waals surface area contributed by atoms with Crippen LogP contribution in [0.4, 0.5) is 0 Å². The normalized spacial score (nSPS) is 29.8. The monoisotopic (exact) mass is 448 g/mol. The highest BCUT2D eigenvalue weighted by Gasteiger charge is 2.59. The summed E-state index contributed by atoms with van der Waals surface area (Å²) in [6.45, 7) is 3.21. The Morgan fingerprint density at radius 1 is 1.06 bits per heavy atom. The third kappa shape index (κ3) is 4.29. The van der Waals surface area contributed by atoms with Crippen LogP contribution in [0.1, 0.15) is 54.4 Å². The topological polar surface area (TPSA) is 50.8 Å². The molecule has 2 aliphatic carbocycles. The van der Waals surface area contributed by atoms with E-state index in [1.54, 1.807) is 7.11 Å². The first-order valence-corrected chi connectivity index (χ1v) is 12.4. The van der Waals surface area contributed by atoms with Crippen LogP contribution >= 0.6 is 0 Å². The molecule has 3 fully saturated rings. The molecule has 33 heavy (non-hydrogen) atoms. The van der Waals surface area contributed by atoms with Crippen LogP contribution < -0.4 is 10.1 Å². The minimum absolute atomic E-state index is 0.0116. The average molecular weight is 449 g/mol. The van der Waals surface area contributed by atoms with Crippen molar-refractivity contribution in [2.24, 2.45) is 5.92 Å². The van der Waals surface area contributed by atoms with Crippen molar-refractivity contribution < 1.29 is 14.3 Å². The SMILES string of the molecule is COc1cccc([C@@]23CCN(CC4CC4)C[C@@]2(OC)CC[C@H](NC(=O)c2ccccc2)C3)c1.